The first-order valence-corrected chi connectivity index (χ1v) is 12.4. The Balaban J connectivity index is 2.25. The SMILES string of the molecule is CCCCNC(=O)[C@H](C)N(Cc1ccccc1F)C(=O)CN(C)S(=O)(=O)c1ccc(C)cc1. The predicted molar refractivity (Wildman–Crippen MR) is 125 cm³/mol. The highest BCUT2D eigenvalue weighted by molar-refractivity contribution is 7.89. The molecule has 0 heterocycles. The molecule has 0 bridgehead atoms. The largest absolute Gasteiger partial charge is 0.354 e. The van der Waals surface area contributed by atoms with Gasteiger partial charge in [-0.3, -0.25) is 9.59 Å². The number of nitrogens with one attached hydrogen (secondary N) is 1. The van der Waals surface area contributed by atoms with Crippen molar-refractivity contribution in [2.45, 2.75) is 51.1 Å². The van der Waals surface area contributed by atoms with Crippen LogP contribution in [0.15, 0.2) is 53.4 Å². The first-order valence-electron chi connectivity index (χ1n) is 10.9. The molecule has 0 aromatic heterocycles. The Morgan fingerprint density at radius 3 is 2.33 bits per heavy atom. The van der Waals surface area contributed by atoms with Gasteiger partial charge in [-0.15, -0.1) is 0 Å². The molecule has 0 fully saturated rings. The van der Waals surface area contributed by atoms with Crippen LogP contribution >= 0.6 is 0 Å². The number of amides is 2. The molecule has 0 spiro atoms. The van der Waals surface area contributed by atoms with Crippen molar-refractivity contribution in [1.82, 2.24) is 14.5 Å². The number of hydrogen-bond donors (Lipinski definition) is 1. The average molecular weight is 478 g/mol. The van der Waals surface area contributed by atoms with Crippen LogP contribution in [0.2, 0.25) is 0 Å². The number of likely N-dealkylation sites (N-methyl/N-ethyl adjacent to an activating group) is 1. The zero-order valence-corrected chi connectivity index (χ0v) is 20.4. The lowest BCUT2D eigenvalue weighted by Crippen LogP contribution is -2.50. The van der Waals surface area contributed by atoms with E-state index in [4.69, 9.17) is 0 Å². The van der Waals surface area contributed by atoms with Crippen molar-refractivity contribution in [3.05, 3.63) is 65.5 Å². The van der Waals surface area contributed by atoms with Crippen LogP contribution in [0.1, 0.15) is 37.8 Å². The molecule has 0 aliphatic carbocycles. The molecule has 0 aliphatic rings. The summed E-state index contributed by atoms with van der Waals surface area (Å²) in [4.78, 5) is 27.1. The van der Waals surface area contributed by atoms with Crippen molar-refractivity contribution >= 4 is 21.8 Å². The van der Waals surface area contributed by atoms with Crippen molar-refractivity contribution < 1.29 is 22.4 Å². The molecule has 180 valence electrons. The average Bonchev–Trinajstić information content (AvgIpc) is 2.78. The third-order valence-electron chi connectivity index (χ3n) is 5.38. The van der Waals surface area contributed by atoms with Gasteiger partial charge in [0, 0.05) is 25.7 Å². The molecule has 2 aromatic rings. The molecule has 33 heavy (non-hydrogen) atoms. The van der Waals surface area contributed by atoms with Gasteiger partial charge in [0.15, 0.2) is 0 Å². The second-order valence-electron chi connectivity index (χ2n) is 8.01. The van der Waals surface area contributed by atoms with E-state index in [1.54, 1.807) is 25.1 Å². The summed E-state index contributed by atoms with van der Waals surface area (Å²) in [6, 6.07) is 11.4. The first kappa shape index (κ1) is 26.5. The maximum absolute atomic E-state index is 14.3. The molecule has 0 aliphatic heterocycles. The van der Waals surface area contributed by atoms with Crippen molar-refractivity contribution in [3.63, 3.8) is 0 Å². The van der Waals surface area contributed by atoms with Crippen molar-refractivity contribution in [3.8, 4) is 0 Å². The molecule has 0 saturated heterocycles. The van der Waals surface area contributed by atoms with Gasteiger partial charge in [0.2, 0.25) is 21.8 Å². The molecule has 2 aromatic carbocycles. The molecular weight excluding hydrogens is 445 g/mol. The first-order chi connectivity index (χ1) is 15.6. The summed E-state index contributed by atoms with van der Waals surface area (Å²) in [7, 11) is -2.61. The van der Waals surface area contributed by atoms with Crippen LogP contribution in [0.25, 0.3) is 0 Å². The van der Waals surface area contributed by atoms with Gasteiger partial charge in [0.05, 0.1) is 11.4 Å². The van der Waals surface area contributed by atoms with E-state index in [1.807, 2.05) is 13.8 Å². The van der Waals surface area contributed by atoms with E-state index in [-0.39, 0.29) is 22.9 Å². The summed E-state index contributed by atoms with van der Waals surface area (Å²) in [5.41, 5.74) is 1.15. The number of aryl methyl sites for hydroxylation is 1. The number of carbonyl (C=O) groups excluding carboxylic acids is 2. The monoisotopic (exact) mass is 477 g/mol. The number of benzene rings is 2. The third kappa shape index (κ3) is 7.10. The Kier molecular flexibility index (Phi) is 9.55. The van der Waals surface area contributed by atoms with Crippen molar-refractivity contribution in [1.29, 1.82) is 0 Å². The molecule has 0 unspecified atom stereocenters. The summed E-state index contributed by atoms with van der Waals surface area (Å²) < 4.78 is 41.0. The lowest BCUT2D eigenvalue weighted by Gasteiger charge is -2.30. The highest BCUT2D eigenvalue weighted by Gasteiger charge is 2.30. The van der Waals surface area contributed by atoms with E-state index < -0.39 is 34.3 Å². The summed E-state index contributed by atoms with van der Waals surface area (Å²) in [6.45, 7) is 5.20. The number of unbranched alkanes of at least 4 members (excludes halogenated alkanes) is 1. The van der Waals surface area contributed by atoms with E-state index in [2.05, 4.69) is 5.32 Å². The quantitative estimate of drug-likeness (QED) is 0.504. The van der Waals surface area contributed by atoms with E-state index in [1.165, 1.54) is 42.3 Å². The number of hydrogen-bond acceptors (Lipinski definition) is 4. The molecule has 2 amide bonds. The van der Waals surface area contributed by atoms with Crippen molar-refractivity contribution in [2.24, 2.45) is 0 Å². The Morgan fingerprint density at radius 2 is 1.73 bits per heavy atom. The number of nitrogens with zero attached hydrogens (tertiary/aromatic N) is 2. The molecule has 1 N–H and O–H groups in total. The van der Waals surface area contributed by atoms with Crippen LogP contribution in [-0.2, 0) is 26.2 Å². The molecule has 0 saturated carbocycles. The fourth-order valence-electron chi connectivity index (χ4n) is 3.19. The van der Waals surface area contributed by atoms with Crippen LogP contribution in [0.4, 0.5) is 4.39 Å². The maximum atomic E-state index is 14.3. The summed E-state index contributed by atoms with van der Waals surface area (Å²) >= 11 is 0. The van der Waals surface area contributed by atoms with Crippen LogP contribution in [0.5, 0.6) is 0 Å². The fraction of sp³-hybridized carbons (Fsp3) is 0.417. The molecule has 0 radical (unpaired) electrons. The Hall–Kier alpha value is -2.78. The normalized spacial score (nSPS) is 12.4. The number of sulfonamides is 1. The third-order valence-corrected chi connectivity index (χ3v) is 7.20. The van der Waals surface area contributed by atoms with Crippen molar-refractivity contribution in [2.75, 3.05) is 20.1 Å². The number of rotatable bonds is 11. The predicted octanol–water partition coefficient (Wildman–Crippen LogP) is 3.09. The maximum Gasteiger partial charge on any atom is 0.243 e. The highest BCUT2D eigenvalue weighted by atomic mass is 32.2. The van der Waals surface area contributed by atoms with Crippen LogP contribution in [0, 0.1) is 12.7 Å². The summed E-state index contributed by atoms with van der Waals surface area (Å²) in [5.74, 6) is -1.48. The van der Waals surface area contributed by atoms with Gasteiger partial charge in [-0.1, -0.05) is 49.2 Å². The minimum absolute atomic E-state index is 0.0643. The molecule has 1 atom stereocenters. The van der Waals surface area contributed by atoms with Crippen LogP contribution in [0.3, 0.4) is 0 Å². The number of halogens is 1. The van der Waals surface area contributed by atoms with Gasteiger partial charge >= 0.3 is 0 Å². The highest BCUT2D eigenvalue weighted by Crippen LogP contribution is 2.17. The van der Waals surface area contributed by atoms with Gasteiger partial charge in [-0.25, -0.2) is 12.8 Å². The molecule has 2 rings (SSSR count). The lowest BCUT2D eigenvalue weighted by atomic mass is 10.1. The Bertz CT molecular complexity index is 1060. The Morgan fingerprint density at radius 1 is 1.09 bits per heavy atom. The topological polar surface area (TPSA) is 86.8 Å². The summed E-state index contributed by atoms with van der Waals surface area (Å²) in [6.07, 6.45) is 1.69. The van der Waals surface area contributed by atoms with E-state index in [0.29, 0.717) is 6.54 Å². The molecular formula is C24H32FN3O4S. The van der Waals surface area contributed by atoms with E-state index in [0.717, 1.165) is 22.7 Å². The molecule has 7 nitrogen and oxygen atoms in total. The van der Waals surface area contributed by atoms with E-state index >= 15 is 0 Å². The molecule has 9 heteroatoms. The Labute approximate surface area is 195 Å². The summed E-state index contributed by atoms with van der Waals surface area (Å²) in [5, 5.41) is 2.78. The van der Waals surface area contributed by atoms with Crippen LogP contribution in [-0.4, -0.2) is 55.6 Å². The van der Waals surface area contributed by atoms with Gasteiger partial charge in [-0.05, 0) is 38.5 Å². The number of carbonyl (C=O) groups is 2. The minimum atomic E-state index is -3.92. The van der Waals surface area contributed by atoms with Gasteiger partial charge in [-0.2, -0.15) is 4.31 Å². The minimum Gasteiger partial charge on any atom is -0.354 e. The van der Waals surface area contributed by atoms with Gasteiger partial charge in [0.1, 0.15) is 11.9 Å². The second kappa shape index (κ2) is 11.9. The zero-order valence-electron chi connectivity index (χ0n) is 19.5. The van der Waals surface area contributed by atoms with E-state index in [9.17, 15) is 22.4 Å². The second-order valence-corrected chi connectivity index (χ2v) is 10.1. The van der Waals surface area contributed by atoms with Gasteiger partial charge in [0.25, 0.3) is 0 Å². The lowest BCUT2D eigenvalue weighted by molar-refractivity contribution is -0.140. The standard InChI is InChI=1S/C24H32FN3O4S/c1-5-6-15-26-24(30)19(3)28(16-20-9-7-8-10-22(20)25)23(29)17-27(4)33(31,32)21-13-11-18(2)12-14-21/h7-14,19H,5-6,15-17H2,1-4H3,(H,26,30)/t19-/m0/s1. The fourth-order valence-corrected chi connectivity index (χ4v) is 4.31. The smallest absolute Gasteiger partial charge is 0.243 e. The zero-order chi connectivity index (χ0) is 24.6. The van der Waals surface area contributed by atoms with Crippen LogP contribution < -0.4 is 5.32 Å². The van der Waals surface area contributed by atoms with Gasteiger partial charge < -0.3 is 10.2 Å².